The van der Waals surface area contributed by atoms with Crippen LogP contribution in [-0.4, -0.2) is 28.5 Å². The summed E-state index contributed by atoms with van der Waals surface area (Å²) >= 11 is 0. The highest BCUT2D eigenvalue weighted by Crippen LogP contribution is 2.20. The molecule has 5 heteroatoms. The Hall–Kier alpha value is -1.65. The van der Waals surface area contributed by atoms with Crippen molar-refractivity contribution in [3.05, 3.63) is 17.6 Å². The zero-order valence-corrected chi connectivity index (χ0v) is 13.1. The minimum Gasteiger partial charge on any atom is -0.367 e. The molecule has 0 spiro atoms. The molecule has 21 heavy (non-hydrogen) atoms. The van der Waals surface area contributed by atoms with Gasteiger partial charge in [-0.1, -0.05) is 32.6 Å². The number of carbonyl (C=O) groups is 1. The van der Waals surface area contributed by atoms with Crippen LogP contribution in [0.25, 0.3) is 0 Å². The molecule has 0 unspecified atom stereocenters. The Balaban J connectivity index is 2.05. The van der Waals surface area contributed by atoms with Gasteiger partial charge in [-0.2, -0.15) is 0 Å². The highest BCUT2D eigenvalue weighted by atomic mass is 16.1. The van der Waals surface area contributed by atoms with Crippen molar-refractivity contribution in [1.29, 1.82) is 0 Å². The van der Waals surface area contributed by atoms with Gasteiger partial charge in [0.15, 0.2) is 0 Å². The SMILES string of the molecule is CCCNC(=O)c1cc(NC2CCCCCC2)nc(C)n1. The Bertz CT molecular complexity index is 467. The number of hydrogen-bond acceptors (Lipinski definition) is 4. The summed E-state index contributed by atoms with van der Waals surface area (Å²) in [4.78, 5) is 20.7. The lowest BCUT2D eigenvalue weighted by atomic mass is 10.1. The molecule has 1 heterocycles. The number of carbonyl (C=O) groups excluding carboxylic acids is 1. The van der Waals surface area contributed by atoms with Crippen molar-refractivity contribution in [3.8, 4) is 0 Å². The molecule has 1 amide bonds. The van der Waals surface area contributed by atoms with Gasteiger partial charge in [-0.05, 0) is 26.2 Å². The molecule has 0 aliphatic heterocycles. The van der Waals surface area contributed by atoms with Crippen LogP contribution in [0.15, 0.2) is 6.07 Å². The maximum Gasteiger partial charge on any atom is 0.270 e. The minimum absolute atomic E-state index is 0.119. The second kappa shape index (κ2) is 7.96. The number of aryl methyl sites for hydroxylation is 1. The molecule has 0 bridgehead atoms. The van der Waals surface area contributed by atoms with E-state index in [9.17, 15) is 4.79 Å². The van der Waals surface area contributed by atoms with E-state index in [0.717, 1.165) is 12.2 Å². The summed E-state index contributed by atoms with van der Waals surface area (Å²) in [6, 6.07) is 2.23. The van der Waals surface area contributed by atoms with Crippen LogP contribution in [0.5, 0.6) is 0 Å². The van der Waals surface area contributed by atoms with E-state index in [1.54, 1.807) is 6.07 Å². The predicted octanol–water partition coefficient (Wildman–Crippen LogP) is 3.06. The number of amides is 1. The Morgan fingerprint density at radius 2 is 1.95 bits per heavy atom. The van der Waals surface area contributed by atoms with Crippen molar-refractivity contribution < 1.29 is 4.79 Å². The lowest BCUT2D eigenvalue weighted by Gasteiger charge is -2.17. The van der Waals surface area contributed by atoms with Gasteiger partial charge in [0.1, 0.15) is 17.3 Å². The fourth-order valence-corrected chi connectivity index (χ4v) is 2.72. The normalized spacial score (nSPS) is 16.3. The highest BCUT2D eigenvalue weighted by molar-refractivity contribution is 5.92. The number of hydrogen-bond donors (Lipinski definition) is 2. The Morgan fingerprint density at radius 1 is 1.24 bits per heavy atom. The van der Waals surface area contributed by atoms with Crippen molar-refractivity contribution in [3.63, 3.8) is 0 Å². The van der Waals surface area contributed by atoms with Gasteiger partial charge in [0, 0.05) is 18.7 Å². The molecule has 1 aliphatic rings. The quantitative estimate of drug-likeness (QED) is 0.818. The molecule has 0 radical (unpaired) electrons. The van der Waals surface area contributed by atoms with Gasteiger partial charge < -0.3 is 10.6 Å². The second-order valence-electron chi connectivity index (χ2n) is 5.77. The topological polar surface area (TPSA) is 66.9 Å². The fourth-order valence-electron chi connectivity index (χ4n) is 2.72. The van der Waals surface area contributed by atoms with Crippen LogP contribution in [0.1, 0.15) is 68.2 Å². The first-order valence-corrected chi connectivity index (χ1v) is 8.09. The summed E-state index contributed by atoms with van der Waals surface area (Å²) in [5.74, 6) is 1.29. The number of rotatable bonds is 5. The molecule has 1 aliphatic carbocycles. The number of anilines is 1. The smallest absolute Gasteiger partial charge is 0.270 e. The van der Waals surface area contributed by atoms with E-state index in [2.05, 4.69) is 20.6 Å². The van der Waals surface area contributed by atoms with Gasteiger partial charge in [-0.3, -0.25) is 4.79 Å². The largest absolute Gasteiger partial charge is 0.367 e. The van der Waals surface area contributed by atoms with Crippen molar-refractivity contribution in [1.82, 2.24) is 15.3 Å². The lowest BCUT2D eigenvalue weighted by Crippen LogP contribution is -2.26. The van der Waals surface area contributed by atoms with E-state index in [4.69, 9.17) is 0 Å². The van der Waals surface area contributed by atoms with Gasteiger partial charge in [-0.25, -0.2) is 9.97 Å². The molecule has 2 rings (SSSR count). The molecule has 0 aromatic carbocycles. The van der Waals surface area contributed by atoms with Crippen LogP contribution in [0.2, 0.25) is 0 Å². The van der Waals surface area contributed by atoms with E-state index in [-0.39, 0.29) is 5.91 Å². The average molecular weight is 290 g/mol. The Labute approximate surface area is 127 Å². The van der Waals surface area contributed by atoms with Gasteiger partial charge in [0.2, 0.25) is 0 Å². The van der Waals surface area contributed by atoms with E-state index in [0.29, 0.717) is 24.1 Å². The zero-order valence-electron chi connectivity index (χ0n) is 13.1. The maximum absolute atomic E-state index is 12.0. The van der Waals surface area contributed by atoms with Crippen molar-refractivity contribution in [2.45, 2.75) is 64.8 Å². The van der Waals surface area contributed by atoms with Crippen LogP contribution in [0.3, 0.4) is 0 Å². The summed E-state index contributed by atoms with van der Waals surface area (Å²) in [7, 11) is 0. The van der Waals surface area contributed by atoms with Crippen molar-refractivity contribution in [2.24, 2.45) is 0 Å². The summed E-state index contributed by atoms with van der Waals surface area (Å²) in [5.41, 5.74) is 0.451. The van der Waals surface area contributed by atoms with Gasteiger partial charge in [-0.15, -0.1) is 0 Å². The number of nitrogens with zero attached hydrogens (tertiary/aromatic N) is 2. The van der Waals surface area contributed by atoms with Crippen LogP contribution in [0, 0.1) is 6.92 Å². The molecular formula is C16H26N4O. The first-order chi connectivity index (χ1) is 10.2. The summed E-state index contributed by atoms with van der Waals surface area (Å²) in [6.45, 7) is 4.53. The van der Waals surface area contributed by atoms with Gasteiger partial charge in [0.05, 0.1) is 0 Å². The molecule has 1 aromatic rings. The predicted molar refractivity (Wildman–Crippen MR) is 84.5 cm³/mol. The third-order valence-corrected chi connectivity index (χ3v) is 3.81. The van der Waals surface area contributed by atoms with Crippen LogP contribution in [0.4, 0.5) is 5.82 Å². The zero-order chi connectivity index (χ0) is 15.1. The molecule has 5 nitrogen and oxygen atoms in total. The van der Waals surface area contributed by atoms with E-state index >= 15 is 0 Å². The molecule has 1 saturated carbocycles. The molecule has 1 aromatic heterocycles. The van der Waals surface area contributed by atoms with Gasteiger partial charge >= 0.3 is 0 Å². The van der Waals surface area contributed by atoms with E-state index < -0.39 is 0 Å². The summed E-state index contributed by atoms with van der Waals surface area (Å²) in [6.07, 6.45) is 8.47. The van der Waals surface area contributed by atoms with Crippen LogP contribution >= 0.6 is 0 Å². The van der Waals surface area contributed by atoms with Crippen LogP contribution < -0.4 is 10.6 Å². The summed E-state index contributed by atoms with van der Waals surface area (Å²) in [5, 5.41) is 6.34. The fraction of sp³-hybridized carbons (Fsp3) is 0.688. The molecule has 2 N–H and O–H groups in total. The third kappa shape index (κ3) is 4.99. The molecule has 116 valence electrons. The second-order valence-corrected chi connectivity index (χ2v) is 5.77. The van der Waals surface area contributed by atoms with Crippen molar-refractivity contribution >= 4 is 11.7 Å². The molecule has 0 saturated heterocycles. The average Bonchev–Trinajstić information content (AvgIpc) is 2.72. The maximum atomic E-state index is 12.0. The Kier molecular flexibility index (Phi) is 5.96. The third-order valence-electron chi connectivity index (χ3n) is 3.81. The van der Waals surface area contributed by atoms with E-state index in [1.807, 2.05) is 13.8 Å². The van der Waals surface area contributed by atoms with Crippen LogP contribution in [-0.2, 0) is 0 Å². The molecular weight excluding hydrogens is 264 g/mol. The summed E-state index contributed by atoms with van der Waals surface area (Å²) < 4.78 is 0. The number of nitrogens with one attached hydrogen (secondary N) is 2. The Morgan fingerprint density at radius 3 is 2.62 bits per heavy atom. The van der Waals surface area contributed by atoms with Crippen molar-refractivity contribution in [2.75, 3.05) is 11.9 Å². The molecule has 0 atom stereocenters. The highest BCUT2D eigenvalue weighted by Gasteiger charge is 2.15. The minimum atomic E-state index is -0.119. The molecule has 1 fully saturated rings. The lowest BCUT2D eigenvalue weighted by molar-refractivity contribution is 0.0948. The monoisotopic (exact) mass is 290 g/mol. The first kappa shape index (κ1) is 15.7. The standard InChI is InChI=1S/C16H26N4O/c1-3-10-17-16(21)14-11-15(19-12(2)18-14)20-13-8-6-4-5-7-9-13/h11,13H,3-10H2,1-2H3,(H,17,21)(H,18,19,20). The van der Waals surface area contributed by atoms with Gasteiger partial charge in [0.25, 0.3) is 5.91 Å². The first-order valence-electron chi connectivity index (χ1n) is 8.09. The number of aromatic nitrogens is 2. The van der Waals surface area contributed by atoms with E-state index in [1.165, 1.54) is 38.5 Å².